The molecule has 0 aliphatic carbocycles. The third kappa shape index (κ3) is 3.84. The number of aromatic nitrogens is 3. The predicted octanol–water partition coefficient (Wildman–Crippen LogP) is 4.79. The van der Waals surface area contributed by atoms with Gasteiger partial charge in [-0.3, -0.25) is 15.2 Å². The summed E-state index contributed by atoms with van der Waals surface area (Å²) in [4.78, 5) is 17.9. The molecule has 0 radical (unpaired) electrons. The summed E-state index contributed by atoms with van der Waals surface area (Å²) in [5.41, 5.74) is 4.73. The number of carbonyl (C=O) groups excluding carboxylic acids is 1. The summed E-state index contributed by atoms with van der Waals surface area (Å²) in [6, 6.07) is 8.70. The van der Waals surface area contributed by atoms with Crippen LogP contribution < -0.4 is 15.2 Å². The molecule has 0 saturated carbocycles. The van der Waals surface area contributed by atoms with Crippen LogP contribution in [-0.2, 0) is 0 Å². The van der Waals surface area contributed by atoms with Crippen LogP contribution in [0.3, 0.4) is 0 Å². The van der Waals surface area contributed by atoms with Crippen molar-refractivity contribution in [2.24, 2.45) is 0 Å². The van der Waals surface area contributed by atoms with Crippen molar-refractivity contribution in [2.75, 3.05) is 18.2 Å². The van der Waals surface area contributed by atoms with Crippen LogP contribution in [0.1, 0.15) is 41.4 Å². The maximum atomic E-state index is 14.7. The van der Waals surface area contributed by atoms with Gasteiger partial charge in [0.1, 0.15) is 18.2 Å². The average Bonchev–Trinajstić information content (AvgIpc) is 3.22. The lowest BCUT2D eigenvalue weighted by molar-refractivity contribution is 0.0938. The van der Waals surface area contributed by atoms with Gasteiger partial charge >= 0.3 is 0 Å². The Kier molecular flexibility index (Phi) is 5.58. The number of hydrazine groups is 1. The Morgan fingerprint density at radius 2 is 1.94 bits per heavy atom. The topological polar surface area (TPSA) is 71.8 Å². The molecule has 10 heteroatoms. The molecule has 1 amide bonds. The van der Waals surface area contributed by atoms with E-state index in [-0.39, 0.29) is 22.9 Å². The number of rotatable bonds is 4. The molecule has 0 spiro atoms. The molecule has 1 aliphatic rings. The summed E-state index contributed by atoms with van der Waals surface area (Å²) in [6.07, 6.45) is 1.47. The first-order valence-electron chi connectivity index (χ1n) is 11.1. The second kappa shape index (κ2) is 8.61. The van der Waals surface area contributed by atoms with Gasteiger partial charge in [0.05, 0.1) is 17.9 Å². The number of fused-ring (bicyclic) bond motifs is 2. The lowest BCUT2D eigenvalue weighted by Gasteiger charge is -2.31. The fourth-order valence-electron chi connectivity index (χ4n) is 4.30. The van der Waals surface area contributed by atoms with Crippen LogP contribution in [0.4, 0.5) is 18.9 Å². The van der Waals surface area contributed by atoms with Crippen LogP contribution in [0.25, 0.3) is 16.9 Å². The number of benzene rings is 2. The van der Waals surface area contributed by atoms with Crippen molar-refractivity contribution in [1.29, 1.82) is 0 Å². The van der Waals surface area contributed by atoms with Crippen LogP contribution in [0.5, 0.6) is 5.75 Å². The summed E-state index contributed by atoms with van der Waals surface area (Å²) < 4.78 is 49.7. The number of nitrogens with one attached hydrogen (secondary N) is 1. The molecular weight excluding hydrogens is 459 g/mol. The van der Waals surface area contributed by atoms with E-state index in [0.29, 0.717) is 47.4 Å². The Morgan fingerprint density at radius 1 is 1.17 bits per heavy atom. The molecule has 1 aliphatic heterocycles. The summed E-state index contributed by atoms with van der Waals surface area (Å²) >= 11 is 0. The Morgan fingerprint density at radius 3 is 2.71 bits per heavy atom. The molecule has 3 heterocycles. The van der Waals surface area contributed by atoms with Crippen molar-refractivity contribution in [3.05, 3.63) is 76.9 Å². The fraction of sp³-hybridized carbons (Fsp3) is 0.240. The number of ether oxygens (including phenoxy) is 1. The summed E-state index contributed by atoms with van der Waals surface area (Å²) in [5, 5.41) is 6.14. The van der Waals surface area contributed by atoms with E-state index < -0.39 is 23.4 Å². The minimum Gasteiger partial charge on any atom is -0.489 e. The van der Waals surface area contributed by atoms with Gasteiger partial charge in [0.25, 0.3) is 5.91 Å². The van der Waals surface area contributed by atoms with Gasteiger partial charge in [0, 0.05) is 23.4 Å². The minimum atomic E-state index is -1.32. The lowest BCUT2D eigenvalue weighted by atomic mass is 10.0. The van der Waals surface area contributed by atoms with E-state index in [2.05, 4.69) is 15.5 Å². The van der Waals surface area contributed by atoms with Crippen molar-refractivity contribution in [2.45, 2.75) is 26.7 Å². The normalized spacial score (nSPS) is 13.2. The van der Waals surface area contributed by atoms with E-state index in [4.69, 9.17) is 4.74 Å². The molecule has 2 aromatic heterocycles. The van der Waals surface area contributed by atoms with E-state index >= 15 is 0 Å². The molecule has 4 aromatic rings. The monoisotopic (exact) mass is 481 g/mol. The first-order valence-corrected chi connectivity index (χ1v) is 11.1. The first kappa shape index (κ1) is 22.7. The molecule has 0 fully saturated rings. The number of para-hydroxylation sites is 2. The number of hydrogen-bond acceptors (Lipinski definition) is 5. The van der Waals surface area contributed by atoms with Crippen molar-refractivity contribution in [1.82, 2.24) is 20.0 Å². The van der Waals surface area contributed by atoms with Gasteiger partial charge in [-0.2, -0.15) is 5.10 Å². The zero-order chi connectivity index (χ0) is 24.9. The molecular formula is C25H22F3N5O2. The van der Waals surface area contributed by atoms with Crippen LogP contribution in [-0.4, -0.2) is 33.7 Å². The number of hydrogen-bond donors (Lipinski definition) is 1. The summed E-state index contributed by atoms with van der Waals surface area (Å²) in [5.74, 6) is -3.48. The summed E-state index contributed by atoms with van der Waals surface area (Å²) in [7, 11) is 0. The molecule has 7 nitrogen and oxygen atoms in total. The predicted molar refractivity (Wildman–Crippen MR) is 124 cm³/mol. The van der Waals surface area contributed by atoms with Crippen LogP contribution in [0.15, 0.2) is 42.6 Å². The Balaban J connectivity index is 1.65. The van der Waals surface area contributed by atoms with Crippen molar-refractivity contribution >= 4 is 17.2 Å². The van der Waals surface area contributed by atoms with E-state index in [0.717, 1.165) is 6.07 Å². The smallest absolute Gasteiger partial charge is 0.290 e. The number of nitrogens with zero attached hydrogens (tertiary/aromatic N) is 4. The van der Waals surface area contributed by atoms with Gasteiger partial charge in [-0.15, -0.1) is 0 Å². The summed E-state index contributed by atoms with van der Waals surface area (Å²) in [6.45, 7) is 6.19. The zero-order valence-corrected chi connectivity index (χ0v) is 19.3. The molecule has 35 heavy (non-hydrogen) atoms. The zero-order valence-electron chi connectivity index (χ0n) is 19.3. The number of halogens is 3. The molecule has 0 unspecified atom stereocenters. The fourth-order valence-corrected chi connectivity index (χ4v) is 4.30. The molecule has 2 aromatic carbocycles. The van der Waals surface area contributed by atoms with Gasteiger partial charge in [-0.05, 0) is 36.6 Å². The van der Waals surface area contributed by atoms with Gasteiger partial charge in [-0.25, -0.2) is 22.7 Å². The maximum Gasteiger partial charge on any atom is 0.290 e. The highest BCUT2D eigenvalue weighted by molar-refractivity contribution is 5.97. The molecule has 0 atom stereocenters. The highest BCUT2D eigenvalue weighted by atomic mass is 19.2. The Hall–Kier alpha value is -4.08. The van der Waals surface area contributed by atoms with Gasteiger partial charge in [0.2, 0.25) is 0 Å². The SMILES string of the molecule is Cc1cnc2c(C(C)C)c(C(=O)NN3CCOc4ccccc43)nn2c1-c1cc(F)cc(F)c1F. The first-order chi connectivity index (χ1) is 16.8. The number of carbonyl (C=O) groups is 1. The Labute approximate surface area is 199 Å². The van der Waals surface area contributed by atoms with Gasteiger partial charge in [-0.1, -0.05) is 26.0 Å². The molecule has 0 saturated heterocycles. The molecule has 180 valence electrons. The number of amides is 1. The van der Waals surface area contributed by atoms with E-state index in [1.807, 2.05) is 38.1 Å². The van der Waals surface area contributed by atoms with Gasteiger partial charge < -0.3 is 4.74 Å². The quantitative estimate of drug-likeness (QED) is 0.425. The second-order valence-corrected chi connectivity index (χ2v) is 8.60. The third-order valence-electron chi connectivity index (χ3n) is 5.87. The lowest BCUT2D eigenvalue weighted by Crippen LogP contribution is -2.47. The van der Waals surface area contributed by atoms with Gasteiger partial charge in [0.15, 0.2) is 23.0 Å². The van der Waals surface area contributed by atoms with Crippen LogP contribution in [0, 0.1) is 24.4 Å². The molecule has 5 rings (SSSR count). The average molecular weight is 481 g/mol. The van der Waals surface area contributed by atoms with E-state index in [9.17, 15) is 18.0 Å². The van der Waals surface area contributed by atoms with Crippen LogP contribution in [0.2, 0.25) is 0 Å². The highest BCUT2D eigenvalue weighted by Crippen LogP contribution is 2.33. The highest BCUT2D eigenvalue weighted by Gasteiger charge is 2.28. The largest absolute Gasteiger partial charge is 0.489 e. The molecule has 0 bridgehead atoms. The standard InChI is InChI=1S/C25H22F3N5O2/c1-13(2)20-22(25(34)31-32-8-9-35-19-7-5-4-6-18(19)32)30-33-23(14(3)12-29-24(20)33)16-10-15(26)11-17(27)21(16)28/h4-7,10-13H,8-9H2,1-3H3,(H,31,34). The van der Waals surface area contributed by atoms with Crippen LogP contribution >= 0.6 is 0 Å². The van der Waals surface area contributed by atoms with Crippen molar-refractivity contribution in [3.8, 4) is 17.0 Å². The van der Waals surface area contributed by atoms with Crippen molar-refractivity contribution < 1.29 is 22.7 Å². The van der Waals surface area contributed by atoms with E-state index in [1.165, 1.54) is 10.7 Å². The number of aryl methyl sites for hydroxylation is 1. The number of anilines is 1. The third-order valence-corrected chi connectivity index (χ3v) is 5.87. The molecule has 1 N–H and O–H groups in total. The second-order valence-electron chi connectivity index (χ2n) is 8.60. The Bertz CT molecular complexity index is 1470. The van der Waals surface area contributed by atoms with E-state index in [1.54, 1.807) is 11.9 Å². The van der Waals surface area contributed by atoms with Crippen molar-refractivity contribution in [3.63, 3.8) is 0 Å². The minimum absolute atomic E-state index is 0.0839. The maximum absolute atomic E-state index is 14.7.